The van der Waals surface area contributed by atoms with Crippen molar-refractivity contribution in [1.82, 2.24) is 9.80 Å². The van der Waals surface area contributed by atoms with Crippen LogP contribution in [0.1, 0.15) is 41.1 Å². The Hall–Kier alpha value is -3.04. The molecule has 1 amide bonds. The SMILES string of the molecule is O=C(O)N(C1CN2CCC1CC2)[C@@H](c1ccccc1)c1cccc(OCc2ccc(Br)c(C(F)(F)F)c2)c1. The van der Waals surface area contributed by atoms with E-state index in [1.165, 1.54) is 6.07 Å². The average Bonchev–Trinajstić information content (AvgIpc) is 2.91. The third kappa shape index (κ3) is 5.68. The molecule has 3 saturated heterocycles. The highest BCUT2D eigenvalue weighted by molar-refractivity contribution is 9.10. The van der Waals surface area contributed by atoms with Crippen molar-refractivity contribution < 1.29 is 27.8 Å². The summed E-state index contributed by atoms with van der Waals surface area (Å²) in [6, 6.07) is 20.1. The first-order valence-corrected chi connectivity index (χ1v) is 13.4. The maximum atomic E-state index is 13.3. The van der Waals surface area contributed by atoms with E-state index in [1.54, 1.807) is 29.2 Å². The van der Waals surface area contributed by atoms with E-state index in [0.717, 1.165) is 43.1 Å². The number of piperidine rings is 3. The summed E-state index contributed by atoms with van der Waals surface area (Å²) >= 11 is 2.96. The van der Waals surface area contributed by atoms with Gasteiger partial charge in [0.05, 0.1) is 17.6 Å². The highest BCUT2D eigenvalue weighted by Gasteiger charge is 2.43. The molecule has 6 rings (SSSR count). The van der Waals surface area contributed by atoms with Gasteiger partial charge >= 0.3 is 12.3 Å². The number of fused-ring (bicyclic) bond motifs is 3. The lowest BCUT2D eigenvalue weighted by Crippen LogP contribution is -2.59. The van der Waals surface area contributed by atoms with E-state index in [9.17, 15) is 23.1 Å². The minimum Gasteiger partial charge on any atom is -0.489 e. The minimum atomic E-state index is -4.48. The largest absolute Gasteiger partial charge is 0.489 e. The van der Waals surface area contributed by atoms with Gasteiger partial charge in [-0.1, -0.05) is 64.5 Å². The molecule has 200 valence electrons. The molecule has 2 atom stereocenters. The maximum Gasteiger partial charge on any atom is 0.417 e. The van der Waals surface area contributed by atoms with Crippen molar-refractivity contribution in [3.63, 3.8) is 0 Å². The van der Waals surface area contributed by atoms with E-state index >= 15 is 0 Å². The smallest absolute Gasteiger partial charge is 0.417 e. The lowest BCUT2D eigenvalue weighted by Gasteiger charge is -2.50. The van der Waals surface area contributed by atoms with Crippen LogP contribution in [0.3, 0.4) is 0 Å². The second kappa shape index (κ2) is 11.0. The van der Waals surface area contributed by atoms with Crippen LogP contribution in [0.2, 0.25) is 0 Å². The number of amides is 1. The second-order valence-electron chi connectivity index (χ2n) is 9.88. The molecule has 3 aliphatic heterocycles. The molecular weight excluding hydrogens is 561 g/mol. The molecule has 0 aromatic heterocycles. The number of nitrogens with zero attached hydrogens (tertiary/aromatic N) is 2. The van der Waals surface area contributed by atoms with Crippen LogP contribution in [0.25, 0.3) is 0 Å². The molecule has 0 radical (unpaired) electrons. The van der Waals surface area contributed by atoms with Gasteiger partial charge in [0.2, 0.25) is 0 Å². The molecule has 9 heteroatoms. The first-order chi connectivity index (χ1) is 18.2. The van der Waals surface area contributed by atoms with Gasteiger partial charge in [0, 0.05) is 11.0 Å². The first-order valence-electron chi connectivity index (χ1n) is 12.6. The van der Waals surface area contributed by atoms with Gasteiger partial charge in [-0.3, -0.25) is 4.90 Å². The van der Waals surface area contributed by atoms with Gasteiger partial charge in [0.15, 0.2) is 0 Å². The van der Waals surface area contributed by atoms with Crippen LogP contribution < -0.4 is 4.74 Å². The summed E-state index contributed by atoms with van der Waals surface area (Å²) in [7, 11) is 0. The van der Waals surface area contributed by atoms with Gasteiger partial charge in [-0.25, -0.2) is 4.79 Å². The highest BCUT2D eigenvalue weighted by atomic mass is 79.9. The summed E-state index contributed by atoms with van der Waals surface area (Å²) in [6.45, 7) is 2.65. The molecule has 0 aliphatic carbocycles. The standard InChI is InChI=1S/C29H28BrF3N2O3/c30-25-10-9-19(15-24(25)29(31,32)33)18-38-23-8-4-7-22(16-23)27(21-5-2-1-3-6-21)35(28(36)37)26-17-34-13-11-20(26)12-14-34/h1-10,15-16,20,26-27H,11-14,17-18H2,(H,36,37)/t26?,27-/m0/s1. The Balaban J connectivity index is 1.45. The zero-order chi connectivity index (χ0) is 26.9. The quantitative estimate of drug-likeness (QED) is 0.317. The van der Waals surface area contributed by atoms with E-state index in [0.29, 0.717) is 23.8 Å². The Bertz CT molecular complexity index is 1280. The van der Waals surface area contributed by atoms with Crippen molar-refractivity contribution in [2.75, 3.05) is 19.6 Å². The van der Waals surface area contributed by atoms with Crippen LogP contribution in [0.5, 0.6) is 5.75 Å². The Morgan fingerprint density at radius 2 is 1.74 bits per heavy atom. The van der Waals surface area contributed by atoms with E-state index in [4.69, 9.17) is 4.74 Å². The van der Waals surface area contributed by atoms with Gasteiger partial charge in [0.1, 0.15) is 12.4 Å². The summed E-state index contributed by atoms with van der Waals surface area (Å²) in [5, 5.41) is 10.5. The van der Waals surface area contributed by atoms with E-state index in [1.807, 2.05) is 36.4 Å². The third-order valence-electron chi connectivity index (χ3n) is 7.51. The summed E-state index contributed by atoms with van der Waals surface area (Å²) in [5.41, 5.74) is 1.22. The van der Waals surface area contributed by atoms with Gasteiger partial charge in [0.25, 0.3) is 0 Å². The van der Waals surface area contributed by atoms with Crippen LogP contribution in [-0.4, -0.2) is 46.7 Å². The molecule has 3 aromatic rings. The van der Waals surface area contributed by atoms with Crippen LogP contribution in [0, 0.1) is 5.92 Å². The van der Waals surface area contributed by atoms with Crippen LogP contribution >= 0.6 is 15.9 Å². The fraction of sp³-hybridized carbons (Fsp3) is 0.345. The molecule has 3 fully saturated rings. The summed E-state index contributed by atoms with van der Waals surface area (Å²) in [4.78, 5) is 16.7. The Kier molecular flexibility index (Phi) is 7.68. The lowest BCUT2D eigenvalue weighted by atomic mass is 9.81. The summed E-state index contributed by atoms with van der Waals surface area (Å²) in [6.07, 6.45) is -3.50. The van der Waals surface area contributed by atoms with E-state index in [-0.39, 0.29) is 17.1 Å². The summed E-state index contributed by atoms with van der Waals surface area (Å²) < 4.78 is 45.8. The topological polar surface area (TPSA) is 53.0 Å². The Labute approximate surface area is 228 Å². The molecular formula is C29H28BrF3N2O3. The second-order valence-corrected chi connectivity index (χ2v) is 10.7. The van der Waals surface area contributed by atoms with E-state index in [2.05, 4.69) is 20.8 Å². The molecule has 0 spiro atoms. The zero-order valence-corrected chi connectivity index (χ0v) is 22.2. The number of carbonyl (C=O) groups is 1. The maximum absolute atomic E-state index is 13.3. The van der Waals surface area contributed by atoms with Crippen LogP contribution in [0.15, 0.2) is 77.3 Å². The number of halogens is 4. The molecule has 0 saturated carbocycles. The molecule has 3 aliphatic rings. The van der Waals surface area contributed by atoms with Gasteiger partial charge < -0.3 is 14.7 Å². The molecule has 1 unspecified atom stereocenters. The van der Waals surface area contributed by atoms with Crippen molar-refractivity contribution in [2.24, 2.45) is 5.92 Å². The molecule has 3 heterocycles. The van der Waals surface area contributed by atoms with E-state index < -0.39 is 23.9 Å². The molecule has 1 N–H and O–H groups in total. The predicted octanol–water partition coefficient (Wildman–Crippen LogP) is 7.21. The highest BCUT2D eigenvalue weighted by Crippen LogP contribution is 2.39. The number of benzene rings is 3. The molecule has 2 bridgehead atoms. The fourth-order valence-corrected chi connectivity index (χ4v) is 6.13. The third-order valence-corrected chi connectivity index (χ3v) is 8.20. The Morgan fingerprint density at radius 3 is 2.37 bits per heavy atom. The van der Waals surface area contributed by atoms with Crippen molar-refractivity contribution in [3.8, 4) is 5.75 Å². The molecule has 3 aromatic carbocycles. The monoisotopic (exact) mass is 588 g/mol. The number of alkyl halides is 3. The van der Waals surface area contributed by atoms with Crippen molar-refractivity contribution >= 4 is 22.0 Å². The number of hydrogen-bond acceptors (Lipinski definition) is 3. The normalized spacial score (nSPS) is 21.6. The predicted molar refractivity (Wildman–Crippen MR) is 141 cm³/mol. The fourth-order valence-electron chi connectivity index (χ4n) is 5.66. The molecule has 5 nitrogen and oxygen atoms in total. The number of rotatable bonds is 7. The van der Waals surface area contributed by atoms with Crippen molar-refractivity contribution in [1.29, 1.82) is 0 Å². The van der Waals surface area contributed by atoms with Crippen molar-refractivity contribution in [3.05, 3.63) is 99.5 Å². The average molecular weight is 589 g/mol. The van der Waals surface area contributed by atoms with Crippen LogP contribution in [-0.2, 0) is 12.8 Å². The van der Waals surface area contributed by atoms with Gasteiger partial charge in [-0.15, -0.1) is 0 Å². The number of carboxylic acid groups (broad SMARTS) is 1. The minimum absolute atomic E-state index is 0.0250. The Morgan fingerprint density at radius 1 is 1.03 bits per heavy atom. The van der Waals surface area contributed by atoms with Crippen LogP contribution in [0.4, 0.5) is 18.0 Å². The molecule has 38 heavy (non-hydrogen) atoms. The first kappa shape index (κ1) is 26.6. The van der Waals surface area contributed by atoms with Crippen molar-refractivity contribution in [2.45, 2.75) is 37.7 Å². The van der Waals surface area contributed by atoms with Gasteiger partial charge in [-0.2, -0.15) is 13.2 Å². The zero-order valence-electron chi connectivity index (χ0n) is 20.6. The lowest BCUT2D eigenvalue weighted by molar-refractivity contribution is -0.138. The number of hydrogen-bond donors (Lipinski definition) is 1. The number of ether oxygens (including phenoxy) is 1. The van der Waals surface area contributed by atoms with Gasteiger partial charge in [-0.05, 0) is 72.8 Å². The summed E-state index contributed by atoms with van der Waals surface area (Å²) in [5.74, 6) is 0.765.